The average Bonchev–Trinajstić information content (AvgIpc) is 3.39. The van der Waals surface area contributed by atoms with Gasteiger partial charge in [-0.25, -0.2) is 8.78 Å². The zero-order chi connectivity index (χ0) is 17.1. The van der Waals surface area contributed by atoms with Crippen molar-refractivity contribution in [1.82, 2.24) is 10.6 Å². The van der Waals surface area contributed by atoms with E-state index in [1.807, 2.05) is 37.3 Å². The van der Waals surface area contributed by atoms with Crippen LogP contribution >= 0.6 is 0 Å². The van der Waals surface area contributed by atoms with Crippen LogP contribution in [0.3, 0.4) is 0 Å². The average molecular weight is 330 g/mol. The summed E-state index contributed by atoms with van der Waals surface area (Å²) in [5.74, 6) is -1.87. The summed E-state index contributed by atoms with van der Waals surface area (Å²) in [6.45, 7) is 1.83. The Morgan fingerprint density at radius 2 is 1.75 bits per heavy atom. The summed E-state index contributed by atoms with van der Waals surface area (Å²) in [5, 5.41) is 6.22. The summed E-state index contributed by atoms with van der Waals surface area (Å²) >= 11 is 0. The molecule has 1 fully saturated rings. The monoisotopic (exact) mass is 330 g/mol. The molecule has 1 saturated carbocycles. The van der Waals surface area contributed by atoms with E-state index in [-0.39, 0.29) is 18.0 Å². The van der Waals surface area contributed by atoms with Crippen molar-refractivity contribution in [1.29, 1.82) is 0 Å². The summed E-state index contributed by atoms with van der Waals surface area (Å²) in [6, 6.07) is 12.6. The van der Waals surface area contributed by atoms with Gasteiger partial charge in [-0.15, -0.1) is 0 Å². The molecule has 1 aliphatic rings. The van der Waals surface area contributed by atoms with Crippen molar-refractivity contribution in [3.63, 3.8) is 0 Å². The lowest BCUT2D eigenvalue weighted by Crippen LogP contribution is -2.39. The van der Waals surface area contributed by atoms with Gasteiger partial charge in [-0.05, 0) is 43.0 Å². The second kappa shape index (κ2) is 7.09. The zero-order valence-corrected chi connectivity index (χ0v) is 13.4. The van der Waals surface area contributed by atoms with Crippen molar-refractivity contribution in [2.45, 2.75) is 37.9 Å². The van der Waals surface area contributed by atoms with Gasteiger partial charge in [-0.3, -0.25) is 10.1 Å². The van der Waals surface area contributed by atoms with Crippen LogP contribution in [-0.2, 0) is 4.79 Å². The Morgan fingerprint density at radius 3 is 2.38 bits per heavy atom. The third kappa shape index (κ3) is 3.97. The molecular weight excluding hydrogens is 310 g/mol. The number of carbonyl (C=O) groups excluding carboxylic acids is 1. The van der Waals surface area contributed by atoms with E-state index in [1.54, 1.807) is 0 Å². The molecule has 0 saturated heterocycles. The van der Waals surface area contributed by atoms with E-state index in [0.29, 0.717) is 5.56 Å². The first-order valence-corrected chi connectivity index (χ1v) is 8.11. The van der Waals surface area contributed by atoms with Crippen molar-refractivity contribution in [2.75, 3.05) is 0 Å². The van der Waals surface area contributed by atoms with Gasteiger partial charge < -0.3 is 5.32 Å². The van der Waals surface area contributed by atoms with Gasteiger partial charge in [-0.1, -0.05) is 36.4 Å². The first-order chi connectivity index (χ1) is 11.5. The summed E-state index contributed by atoms with van der Waals surface area (Å²) in [6.07, 6.45) is 2.01. The van der Waals surface area contributed by atoms with Crippen LogP contribution in [0.5, 0.6) is 0 Å². The van der Waals surface area contributed by atoms with Gasteiger partial charge in [0.2, 0.25) is 5.91 Å². The van der Waals surface area contributed by atoms with E-state index in [9.17, 15) is 13.6 Å². The number of nitrogens with one attached hydrogen (secondary N) is 2. The Bertz CT molecular complexity index is 717. The van der Waals surface area contributed by atoms with Gasteiger partial charge in [0.25, 0.3) is 0 Å². The van der Waals surface area contributed by atoms with Crippen LogP contribution in [0.2, 0.25) is 0 Å². The third-order valence-electron chi connectivity index (χ3n) is 4.18. The van der Waals surface area contributed by atoms with E-state index >= 15 is 0 Å². The molecule has 126 valence electrons. The second-order valence-corrected chi connectivity index (χ2v) is 6.19. The standard InChI is InChI=1S/C19H20F2N2O/c1-12(14-7-10-16(20)17(21)11-14)22-18(13-5-3-2-4-6-13)19(24)23-15-8-9-15/h2-7,10-12,15,18,22H,8-9H2,1H3,(H,23,24). The minimum Gasteiger partial charge on any atom is -0.352 e. The first kappa shape index (κ1) is 16.6. The van der Waals surface area contributed by atoms with E-state index in [0.717, 1.165) is 30.5 Å². The molecule has 5 heteroatoms. The van der Waals surface area contributed by atoms with Crippen LogP contribution < -0.4 is 10.6 Å². The zero-order valence-electron chi connectivity index (χ0n) is 13.4. The van der Waals surface area contributed by atoms with Gasteiger partial charge in [0.15, 0.2) is 11.6 Å². The molecular formula is C19H20F2N2O. The predicted octanol–water partition coefficient (Wildman–Crippen LogP) is 3.64. The van der Waals surface area contributed by atoms with Crippen LogP contribution in [-0.4, -0.2) is 11.9 Å². The molecule has 3 nitrogen and oxygen atoms in total. The summed E-state index contributed by atoms with van der Waals surface area (Å²) in [7, 11) is 0. The molecule has 0 bridgehead atoms. The van der Waals surface area contributed by atoms with E-state index < -0.39 is 17.7 Å². The molecule has 24 heavy (non-hydrogen) atoms. The number of hydrogen-bond acceptors (Lipinski definition) is 2. The first-order valence-electron chi connectivity index (χ1n) is 8.11. The quantitative estimate of drug-likeness (QED) is 0.849. The highest BCUT2D eigenvalue weighted by Crippen LogP contribution is 2.24. The Balaban J connectivity index is 1.79. The smallest absolute Gasteiger partial charge is 0.241 e. The summed E-state index contributed by atoms with van der Waals surface area (Å²) in [5.41, 5.74) is 1.43. The van der Waals surface area contributed by atoms with Crippen molar-refractivity contribution in [3.8, 4) is 0 Å². The molecule has 3 rings (SSSR count). The third-order valence-corrected chi connectivity index (χ3v) is 4.18. The van der Waals surface area contributed by atoms with Crippen molar-refractivity contribution >= 4 is 5.91 Å². The lowest BCUT2D eigenvalue weighted by Gasteiger charge is -2.23. The fraction of sp³-hybridized carbons (Fsp3) is 0.316. The largest absolute Gasteiger partial charge is 0.352 e. The summed E-state index contributed by atoms with van der Waals surface area (Å²) < 4.78 is 26.6. The molecule has 2 N–H and O–H groups in total. The van der Waals surface area contributed by atoms with Gasteiger partial charge in [0, 0.05) is 12.1 Å². The molecule has 2 aromatic carbocycles. The van der Waals surface area contributed by atoms with Crippen LogP contribution in [0.25, 0.3) is 0 Å². The maximum atomic E-state index is 13.5. The lowest BCUT2D eigenvalue weighted by atomic mass is 10.0. The molecule has 0 radical (unpaired) electrons. The minimum absolute atomic E-state index is 0.0990. The van der Waals surface area contributed by atoms with Crippen LogP contribution in [0.1, 0.15) is 43.0 Å². The van der Waals surface area contributed by atoms with E-state index in [1.165, 1.54) is 6.07 Å². The number of carbonyl (C=O) groups is 1. The van der Waals surface area contributed by atoms with Crippen molar-refractivity contribution in [2.24, 2.45) is 0 Å². The maximum Gasteiger partial charge on any atom is 0.241 e. The molecule has 2 atom stereocenters. The molecule has 1 aliphatic carbocycles. The van der Waals surface area contributed by atoms with Gasteiger partial charge >= 0.3 is 0 Å². The fourth-order valence-corrected chi connectivity index (χ4v) is 2.61. The van der Waals surface area contributed by atoms with Crippen molar-refractivity contribution < 1.29 is 13.6 Å². The Kier molecular flexibility index (Phi) is 4.90. The predicted molar refractivity (Wildman–Crippen MR) is 88.3 cm³/mol. The number of hydrogen-bond donors (Lipinski definition) is 2. The molecule has 0 aromatic heterocycles. The molecule has 0 heterocycles. The van der Waals surface area contributed by atoms with Crippen LogP contribution in [0.15, 0.2) is 48.5 Å². The highest BCUT2D eigenvalue weighted by atomic mass is 19.2. The number of halogens is 2. The fourth-order valence-electron chi connectivity index (χ4n) is 2.61. The molecule has 2 aromatic rings. The van der Waals surface area contributed by atoms with Crippen LogP contribution in [0.4, 0.5) is 8.78 Å². The van der Waals surface area contributed by atoms with Gasteiger partial charge in [0.1, 0.15) is 6.04 Å². The number of rotatable bonds is 6. The van der Waals surface area contributed by atoms with E-state index in [4.69, 9.17) is 0 Å². The lowest BCUT2D eigenvalue weighted by molar-refractivity contribution is -0.123. The maximum absolute atomic E-state index is 13.5. The molecule has 0 aliphatic heterocycles. The normalized spacial score (nSPS) is 16.5. The van der Waals surface area contributed by atoms with Crippen LogP contribution in [0, 0.1) is 11.6 Å². The topological polar surface area (TPSA) is 41.1 Å². The summed E-state index contributed by atoms with van der Waals surface area (Å²) in [4.78, 5) is 12.6. The Labute approximate surface area is 140 Å². The van der Waals surface area contributed by atoms with Gasteiger partial charge in [0.05, 0.1) is 0 Å². The molecule has 2 unspecified atom stereocenters. The van der Waals surface area contributed by atoms with Crippen molar-refractivity contribution in [3.05, 3.63) is 71.3 Å². The Hall–Kier alpha value is -2.27. The highest BCUT2D eigenvalue weighted by Gasteiger charge is 2.29. The minimum atomic E-state index is -0.889. The van der Waals surface area contributed by atoms with E-state index in [2.05, 4.69) is 10.6 Å². The molecule has 0 spiro atoms. The van der Waals surface area contributed by atoms with Gasteiger partial charge in [-0.2, -0.15) is 0 Å². The Morgan fingerprint density at radius 1 is 1.04 bits per heavy atom. The SMILES string of the molecule is CC(NC(C(=O)NC1CC1)c1ccccc1)c1ccc(F)c(F)c1. The number of benzene rings is 2. The second-order valence-electron chi connectivity index (χ2n) is 6.19. The highest BCUT2D eigenvalue weighted by molar-refractivity contribution is 5.83. The number of amides is 1. The molecule has 1 amide bonds.